The third-order valence-corrected chi connectivity index (χ3v) is 4.39. The smallest absolute Gasteiger partial charge is 0.256 e. The maximum atomic E-state index is 12.6. The van der Waals surface area contributed by atoms with Crippen molar-refractivity contribution in [3.8, 4) is 12.3 Å². The summed E-state index contributed by atoms with van der Waals surface area (Å²) >= 11 is 0. The molecule has 1 aromatic rings. The SMILES string of the molecule is C#CCN(CC1CC1)C(=O)c1cc(C)ccc1S(N)(=O)=O. The minimum Gasteiger partial charge on any atom is -0.327 e. The van der Waals surface area contributed by atoms with Crippen LogP contribution in [0.1, 0.15) is 28.8 Å². The lowest BCUT2D eigenvalue weighted by Crippen LogP contribution is -2.34. The van der Waals surface area contributed by atoms with E-state index in [9.17, 15) is 13.2 Å². The van der Waals surface area contributed by atoms with Crippen molar-refractivity contribution in [1.29, 1.82) is 0 Å². The summed E-state index contributed by atoms with van der Waals surface area (Å²) in [7, 11) is -3.96. The zero-order chi connectivity index (χ0) is 15.6. The molecule has 0 atom stereocenters. The van der Waals surface area contributed by atoms with Gasteiger partial charge in [-0.1, -0.05) is 17.6 Å². The first kappa shape index (κ1) is 15.5. The van der Waals surface area contributed by atoms with E-state index < -0.39 is 10.0 Å². The van der Waals surface area contributed by atoms with Crippen LogP contribution in [0.2, 0.25) is 0 Å². The summed E-state index contributed by atoms with van der Waals surface area (Å²) in [6, 6.07) is 4.52. The average Bonchev–Trinajstić information content (AvgIpc) is 3.20. The molecule has 0 aliphatic heterocycles. The summed E-state index contributed by atoms with van der Waals surface area (Å²) in [6.07, 6.45) is 7.46. The number of hydrogen-bond donors (Lipinski definition) is 1. The van der Waals surface area contributed by atoms with E-state index in [0.29, 0.717) is 12.5 Å². The van der Waals surface area contributed by atoms with Crippen LogP contribution in [0.4, 0.5) is 0 Å². The first-order chi connectivity index (χ1) is 9.82. The number of carbonyl (C=O) groups is 1. The monoisotopic (exact) mass is 306 g/mol. The Labute approximate surface area is 125 Å². The van der Waals surface area contributed by atoms with Crippen molar-refractivity contribution in [1.82, 2.24) is 4.90 Å². The van der Waals surface area contributed by atoms with Crippen LogP contribution in [0.25, 0.3) is 0 Å². The van der Waals surface area contributed by atoms with Crippen LogP contribution in [0.5, 0.6) is 0 Å². The number of terminal acetylenes is 1. The fraction of sp³-hybridized carbons (Fsp3) is 0.400. The molecule has 0 spiro atoms. The van der Waals surface area contributed by atoms with E-state index in [4.69, 9.17) is 11.6 Å². The minimum atomic E-state index is -3.96. The highest BCUT2D eigenvalue weighted by Gasteiger charge is 2.29. The molecule has 1 amide bonds. The number of amides is 1. The van der Waals surface area contributed by atoms with Crippen LogP contribution >= 0.6 is 0 Å². The zero-order valence-electron chi connectivity index (χ0n) is 11.9. The molecule has 2 N–H and O–H groups in total. The number of sulfonamides is 1. The van der Waals surface area contributed by atoms with Crippen molar-refractivity contribution in [3.63, 3.8) is 0 Å². The van der Waals surface area contributed by atoms with Crippen LogP contribution in [-0.4, -0.2) is 32.3 Å². The molecule has 0 heterocycles. The Kier molecular flexibility index (Phi) is 4.35. The van der Waals surface area contributed by atoms with Gasteiger partial charge in [-0.15, -0.1) is 6.42 Å². The number of aryl methyl sites for hydroxylation is 1. The number of benzene rings is 1. The van der Waals surface area contributed by atoms with E-state index in [-0.39, 0.29) is 22.9 Å². The fourth-order valence-electron chi connectivity index (χ4n) is 2.17. The Morgan fingerprint density at radius 2 is 2.14 bits per heavy atom. The van der Waals surface area contributed by atoms with Gasteiger partial charge in [-0.05, 0) is 37.8 Å². The Balaban J connectivity index is 2.40. The molecule has 0 bridgehead atoms. The maximum Gasteiger partial charge on any atom is 0.256 e. The van der Waals surface area contributed by atoms with E-state index in [1.807, 2.05) is 0 Å². The van der Waals surface area contributed by atoms with E-state index >= 15 is 0 Å². The summed E-state index contributed by atoms with van der Waals surface area (Å²) < 4.78 is 23.3. The van der Waals surface area contributed by atoms with Crippen LogP contribution in [0.3, 0.4) is 0 Å². The summed E-state index contributed by atoms with van der Waals surface area (Å²) in [5, 5.41) is 5.19. The molecular formula is C15H18N2O3S. The van der Waals surface area contributed by atoms with E-state index in [1.54, 1.807) is 19.1 Å². The van der Waals surface area contributed by atoms with Gasteiger partial charge in [0.2, 0.25) is 10.0 Å². The highest BCUT2D eigenvalue weighted by molar-refractivity contribution is 7.89. The van der Waals surface area contributed by atoms with Crippen LogP contribution in [0.15, 0.2) is 23.1 Å². The number of hydrogen-bond acceptors (Lipinski definition) is 3. The zero-order valence-corrected chi connectivity index (χ0v) is 12.7. The highest BCUT2D eigenvalue weighted by Crippen LogP contribution is 2.30. The van der Waals surface area contributed by atoms with Crippen molar-refractivity contribution < 1.29 is 13.2 Å². The summed E-state index contributed by atoms with van der Waals surface area (Å²) in [6.45, 7) is 2.50. The lowest BCUT2D eigenvalue weighted by atomic mass is 10.1. The van der Waals surface area contributed by atoms with Crippen molar-refractivity contribution in [2.45, 2.75) is 24.7 Å². The van der Waals surface area contributed by atoms with E-state index in [0.717, 1.165) is 18.4 Å². The van der Waals surface area contributed by atoms with E-state index in [1.165, 1.54) is 11.0 Å². The molecule has 1 saturated carbocycles. The number of nitrogens with two attached hydrogens (primary N) is 1. The third kappa shape index (κ3) is 3.84. The second kappa shape index (κ2) is 5.88. The Bertz CT molecular complexity index is 700. The largest absolute Gasteiger partial charge is 0.327 e. The van der Waals surface area contributed by atoms with Gasteiger partial charge in [-0.3, -0.25) is 4.79 Å². The van der Waals surface area contributed by atoms with Gasteiger partial charge in [0.1, 0.15) is 0 Å². The first-order valence-electron chi connectivity index (χ1n) is 6.69. The molecule has 1 fully saturated rings. The molecule has 5 nitrogen and oxygen atoms in total. The average molecular weight is 306 g/mol. The van der Waals surface area contributed by atoms with Gasteiger partial charge < -0.3 is 4.90 Å². The quantitative estimate of drug-likeness (QED) is 0.828. The van der Waals surface area contributed by atoms with Gasteiger partial charge in [0.15, 0.2) is 0 Å². The van der Waals surface area contributed by atoms with Gasteiger partial charge >= 0.3 is 0 Å². The summed E-state index contributed by atoms with van der Waals surface area (Å²) in [4.78, 5) is 14.0. The molecule has 1 aliphatic rings. The maximum absolute atomic E-state index is 12.6. The molecule has 0 saturated heterocycles. The van der Waals surface area contributed by atoms with Gasteiger partial charge in [-0.25, -0.2) is 13.6 Å². The second-order valence-corrected chi connectivity index (χ2v) is 6.91. The standard InChI is InChI=1S/C15H18N2O3S/c1-3-8-17(10-12-5-6-12)15(18)13-9-11(2)4-7-14(13)21(16,19)20/h1,4,7,9,12H,5-6,8,10H2,2H3,(H2,16,19,20). The number of rotatable bonds is 5. The summed E-state index contributed by atoms with van der Waals surface area (Å²) in [5.74, 6) is 2.53. The lowest BCUT2D eigenvalue weighted by Gasteiger charge is -2.21. The van der Waals surface area contributed by atoms with Crippen molar-refractivity contribution in [3.05, 3.63) is 29.3 Å². The molecule has 0 unspecified atom stereocenters. The van der Waals surface area contributed by atoms with Crippen LogP contribution in [0, 0.1) is 25.2 Å². The Morgan fingerprint density at radius 3 is 2.67 bits per heavy atom. The van der Waals surface area contributed by atoms with Gasteiger partial charge in [0.25, 0.3) is 5.91 Å². The van der Waals surface area contributed by atoms with Crippen LogP contribution < -0.4 is 5.14 Å². The number of primary sulfonamides is 1. The fourth-order valence-corrected chi connectivity index (χ4v) is 2.88. The van der Waals surface area contributed by atoms with Crippen molar-refractivity contribution in [2.75, 3.05) is 13.1 Å². The molecular weight excluding hydrogens is 288 g/mol. The van der Waals surface area contributed by atoms with Crippen molar-refractivity contribution >= 4 is 15.9 Å². The van der Waals surface area contributed by atoms with Gasteiger partial charge in [-0.2, -0.15) is 0 Å². The molecule has 1 aliphatic carbocycles. The predicted octanol–water partition coefficient (Wildman–Crippen LogP) is 1.13. The number of nitrogens with zero attached hydrogens (tertiary/aromatic N) is 1. The summed E-state index contributed by atoms with van der Waals surface area (Å²) in [5.41, 5.74) is 0.881. The Morgan fingerprint density at radius 1 is 1.48 bits per heavy atom. The first-order valence-corrected chi connectivity index (χ1v) is 8.23. The molecule has 1 aromatic carbocycles. The molecule has 21 heavy (non-hydrogen) atoms. The predicted molar refractivity (Wildman–Crippen MR) is 80.0 cm³/mol. The molecule has 2 rings (SSSR count). The molecule has 0 radical (unpaired) electrons. The highest BCUT2D eigenvalue weighted by atomic mass is 32.2. The van der Waals surface area contributed by atoms with Gasteiger partial charge in [0, 0.05) is 6.54 Å². The van der Waals surface area contributed by atoms with Gasteiger partial charge in [0.05, 0.1) is 17.0 Å². The molecule has 6 heteroatoms. The second-order valence-electron chi connectivity index (χ2n) is 5.38. The lowest BCUT2D eigenvalue weighted by molar-refractivity contribution is 0.0766. The third-order valence-electron chi connectivity index (χ3n) is 3.42. The minimum absolute atomic E-state index is 0.0911. The number of carbonyl (C=O) groups excluding carboxylic acids is 1. The van der Waals surface area contributed by atoms with E-state index in [2.05, 4.69) is 5.92 Å². The normalized spacial score (nSPS) is 14.5. The molecule has 112 valence electrons. The van der Waals surface area contributed by atoms with Crippen molar-refractivity contribution in [2.24, 2.45) is 11.1 Å². The molecule has 0 aromatic heterocycles. The van der Waals surface area contributed by atoms with Crippen LogP contribution in [-0.2, 0) is 10.0 Å². The Hall–Kier alpha value is -1.84. The topological polar surface area (TPSA) is 80.5 Å².